The molecule has 0 aromatic heterocycles. The van der Waals surface area contributed by atoms with Crippen molar-refractivity contribution in [2.45, 2.75) is 58.0 Å². The van der Waals surface area contributed by atoms with Crippen molar-refractivity contribution in [1.29, 1.82) is 0 Å². The highest BCUT2D eigenvalue weighted by Gasteiger charge is 2.28. The van der Waals surface area contributed by atoms with E-state index in [1.54, 1.807) is 29.2 Å². The van der Waals surface area contributed by atoms with E-state index in [-0.39, 0.29) is 24.5 Å². The Labute approximate surface area is 197 Å². The summed E-state index contributed by atoms with van der Waals surface area (Å²) in [5.74, 6) is 1.10. The zero-order valence-corrected chi connectivity index (χ0v) is 20.3. The van der Waals surface area contributed by atoms with Gasteiger partial charge >= 0.3 is 6.09 Å². The van der Waals surface area contributed by atoms with Crippen LogP contribution in [0.25, 0.3) is 0 Å². The van der Waals surface area contributed by atoms with Gasteiger partial charge in [-0.3, -0.25) is 4.90 Å². The van der Waals surface area contributed by atoms with Gasteiger partial charge in [-0.2, -0.15) is 0 Å². The Morgan fingerprint density at radius 3 is 2.10 bits per heavy atom. The molecule has 2 aromatic rings. The van der Waals surface area contributed by atoms with Crippen molar-refractivity contribution in [1.82, 2.24) is 9.80 Å². The van der Waals surface area contributed by atoms with Crippen LogP contribution in [-0.2, 0) is 6.54 Å². The van der Waals surface area contributed by atoms with E-state index >= 15 is 0 Å². The van der Waals surface area contributed by atoms with Crippen LogP contribution < -0.4 is 4.74 Å². The first-order valence-corrected chi connectivity index (χ1v) is 11.4. The molecule has 4 nitrogen and oxygen atoms in total. The van der Waals surface area contributed by atoms with Crippen molar-refractivity contribution in [2.24, 2.45) is 0 Å². The number of carbonyl (C=O) groups is 1. The van der Waals surface area contributed by atoms with Gasteiger partial charge in [0.1, 0.15) is 5.75 Å². The summed E-state index contributed by atoms with van der Waals surface area (Å²) in [6, 6.07) is 16.2. The highest BCUT2D eigenvalue weighted by molar-refractivity contribution is 6.30. The number of amides is 1. The van der Waals surface area contributed by atoms with Gasteiger partial charge in [0.15, 0.2) is 0 Å². The number of halogens is 2. The summed E-state index contributed by atoms with van der Waals surface area (Å²) in [6.07, 6.45) is 3.88. The Kier molecular flexibility index (Phi) is 10.1. The maximum atomic E-state index is 12.5. The van der Waals surface area contributed by atoms with Gasteiger partial charge in [-0.25, -0.2) is 4.79 Å². The molecule has 170 valence electrons. The third-order valence-corrected chi connectivity index (χ3v) is 6.55. The third-order valence-electron chi connectivity index (χ3n) is 6.30. The zero-order chi connectivity index (χ0) is 21.5. The number of nitrogens with zero attached hydrogens (tertiary/aromatic N) is 2. The molecule has 0 aliphatic heterocycles. The molecule has 0 N–H and O–H groups in total. The maximum absolute atomic E-state index is 12.5. The Bertz CT molecular complexity index is 799. The Morgan fingerprint density at radius 2 is 1.55 bits per heavy atom. The Hall–Kier alpha value is -1.75. The van der Waals surface area contributed by atoms with Crippen molar-refractivity contribution in [3.05, 3.63) is 64.7 Å². The lowest BCUT2D eigenvalue weighted by molar-refractivity contribution is 0.130. The zero-order valence-electron chi connectivity index (χ0n) is 18.7. The molecule has 1 aliphatic carbocycles. The molecule has 31 heavy (non-hydrogen) atoms. The Balaban J connectivity index is 0.00000341. The van der Waals surface area contributed by atoms with E-state index in [9.17, 15) is 4.79 Å². The monoisotopic (exact) mass is 464 g/mol. The highest BCUT2D eigenvalue weighted by Crippen LogP contribution is 2.35. The SMILES string of the molecule is CCN(CC)Cc1ccc(C2CCC(N(C)C(=O)Oc3ccc(Cl)cc3)CC2)cc1.Cl. The second-order valence-corrected chi connectivity index (χ2v) is 8.58. The average Bonchev–Trinajstić information content (AvgIpc) is 2.79. The largest absolute Gasteiger partial charge is 0.415 e. The van der Waals surface area contributed by atoms with Crippen LogP contribution in [0.4, 0.5) is 4.79 Å². The topological polar surface area (TPSA) is 32.8 Å². The molecule has 1 saturated carbocycles. The molecule has 0 spiro atoms. The summed E-state index contributed by atoms with van der Waals surface area (Å²) >= 11 is 5.89. The molecule has 3 rings (SSSR count). The smallest absolute Gasteiger partial charge is 0.410 e. The van der Waals surface area contributed by atoms with Crippen LogP contribution in [0.5, 0.6) is 5.75 Å². The van der Waals surface area contributed by atoms with E-state index in [0.29, 0.717) is 16.7 Å². The number of ether oxygens (including phenoxy) is 1. The minimum Gasteiger partial charge on any atom is -0.410 e. The van der Waals surface area contributed by atoms with Gasteiger partial charge in [-0.05, 0) is 80.1 Å². The lowest BCUT2D eigenvalue weighted by atomic mass is 9.81. The minimum atomic E-state index is -0.304. The van der Waals surface area contributed by atoms with Crippen molar-refractivity contribution >= 4 is 30.1 Å². The van der Waals surface area contributed by atoms with E-state index in [1.165, 1.54) is 11.1 Å². The van der Waals surface area contributed by atoms with E-state index in [0.717, 1.165) is 45.3 Å². The summed E-state index contributed by atoms with van der Waals surface area (Å²) in [5, 5.41) is 0.627. The van der Waals surface area contributed by atoms with Crippen LogP contribution in [0.2, 0.25) is 5.02 Å². The van der Waals surface area contributed by atoms with Gasteiger partial charge < -0.3 is 9.64 Å². The van der Waals surface area contributed by atoms with Crippen molar-refractivity contribution < 1.29 is 9.53 Å². The number of benzene rings is 2. The van der Waals surface area contributed by atoms with Crippen LogP contribution in [0.3, 0.4) is 0 Å². The number of carbonyl (C=O) groups excluding carboxylic acids is 1. The molecule has 0 bridgehead atoms. The Morgan fingerprint density at radius 1 is 0.968 bits per heavy atom. The standard InChI is InChI=1S/C25H33ClN2O2.ClH/c1-4-28(5-2)18-19-6-8-20(9-7-19)21-10-14-23(15-11-21)27(3)25(29)30-24-16-12-22(26)13-17-24;/h6-9,12-13,16-17,21,23H,4-5,10-11,14-15,18H2,1-3H3;1H. The lowest BCUT2D eigenvalue weighted by Crippen LogP contribution is -2.40. The second kappa shape index (κ2) is 12.3. The van der Waals surface area contributed by atoms with E-state index in [2.05, 4.69) is 43.0 Å². The highest BCUT2D eigenvalue weighted by atomic mass is 35.5. The van der Waals surface area contributed by atoms with Crippen molar-refractivity contribution in [2.75, 3.05) is 20.1 Å². The number of rotatable bonds is 7. The molecule has 1 fully saturated rings. The van der Waals surface area contributed by atoms with Gasteiger partial charge in [-0.1, -0.05) is 49.7 Å². The predicted molar refractivity (Wildman–Crippen MR) is 131 cm³/mol. The van der Waals surface area contributed by atoms with E-state index < -0.39 is 0 Å². The fourth-order valence-corrected chi connectivity index (χ4v) is 4.35. The molecule has 0 saturated heterocycles. The first-order chi connectivity index (χ1) is 14.5. The average molecular weight is 465 g/mol. The van der Waals surface area contributed by atoms with Gasteiger partial charge in [0.25, 0.3) is 0 Å². The molecule has 0 atom stereocenters. The molecule has 0 heterocycles. The van der Waals surface area contributed by atoms with Gasteiger partial charge in [0.05, 0.1) is 0 Å². The van der Waals surface area contributed by atoms with Crippen molar-refractivity contribution in [3.63, 3.8) is 0 Å². The molecule has 1 aliphatic rings. The van der Waals surface area contributed by atoms with Crippen molar-refractivity contribution in [3.8, 4) is 5.75 Å². The molecule has 0 unspecified atom stereocenters. The quantitative estimate of drug-likeness (QED) is 0.453. The summed E-state index contributed by atoms with van der Waals surface area (Å²) in [5.41, 5.74) is 2.80. The first-order valence-electron chi connectivity index (χ1n) is 11.0. The van der Waals surface area contributed by atoms with Gasteiger partial charge in [0.2, 0.25) is 0 Å². The molecular formula is C25H34Cl2N2O2. The summed E-state index contributed by atoms with van der Waals surface area (Å²) in [4.78, 5) is 16.7. The third kappa shape index (κ3) is 7.13. The summed E-state index contributed by atoms with van der Waals surface area (Å²) in [7, 11) is 1.84. The van der Waals surface area contributed by atoms with Crippen LogP contribution in [0, 0.1) is 0 Å². The summed E-state index contributed by atoms with van der Waals surface area (Å²) in [6.45, 7) is 7.59. The van der Waals surface area contributed by atoms with Gasteiger partial charge in [-0.15, -0.1) is 12.4 Å². The maximum Gasteiger partial charge on any atom is 0.415 e. The molecule has 1 amide bonds. The van der Waals surface area contributed by atoms with E-state index in [4.69, 9.17) is 16.3 Å². The molecule has 6 heteroatoms. The second-order valence-electron chi connectivity index (χ2n) is 8.14. The number of hydrogen-bond acceptors (Lipinski definition) is 3. The summed E-state index contributed by atoms with van der Waals surface area (Å²) < 4.78 is 5.48. The minimum absolute atomic E-state index is 0. The molecular weight excluding hydrogens is 431 g/mol. The van der Waals surface area contributed by atoms with Gasteiger partial charge in [0, 0.05) is 24.7 Å². The van der Waals surface area contributed by atoms with Crippen LogP contribution in [0.15, 0.2) is 48.5 Å². The van der Waals surface area contributed by atoms with Crippen LogP contribution in [0.1, 0.15) is 56.6 Å². The first kappa shape index (κ1) is 25.5. The van der Waals surface area contributed by atoms with Crippen LogP contribution >= 0.6 is 24.0 Å². The normalized spacial score (nSPS) is 18.4. The fraction of sp³-hybridized carbons (Fsp3) is 0.480. The number of hydrogen-bond donors (Lipinski definition) is 0. The molecule has 0 radical (unpaired) electrons. The lowest BCUT2D eigenvalue weighted by Gasteiger charge is -2.34. The predicted octanol–water partition coefficient (Wildman–Crippen LogP) is 6.76. The fourth-order valence-electron chi connectivity index (χ4n) is 4.22. The van der Waals surface area contributed by atoms with E-state index in [1.807, 2.05) is 7.05 Å². The molecule has 2 aromatic carbocycles. The van der Waals surface area contributed by atoms with Crippen LogP contribution in [-0.4, -0.2) is 42.1 Å².